The van der Waals surface area contributed by atoms with Crippen molar-refractivity contribution in [2.75, 3.05) is 6.54 Å². The van der Waals surface area contributed by atoms with E-state index in [0.29, 0.717) is 24.3 Å². The van der Waals surface area contributed by atoms with Crippen molar-refractivity contribution in [3.8, 4) is 5.82 Å². The second kappa shape index (κ2) is 8.54. The smallest absolute Gasteiger partial charge is 0.254 e. The van der Waals surface area contributed by atoms with Crippen LogP contribution in [-0.4, -0.2) is 35.6 Å². The predicted octanol–water partition coefficient (Wildman–Crippen LogP) is 2.01. The van der Waals surface area contributed by atoms with Crippen LogP contribution in [0.1, 0.15) is 41.4 Å². The first kappa shape index (κ1) is 20.7. The van der Waals surface area contributed by atoms with Gasteiger partial charge in [0.15, 0.2) is 5.82 Å². The van der Waals surface area contributed by atoms with E-state index in [2.05, 4.69) is 15.4 Å². The Labute approximate surface area is 169 Å². The third-order valence-electron chi connectivity index (χ3n) is 4.42. The molecular formula is C20H23N5O3S. The van der Waals surface area contributed by atoms with E-state index in [9.17, 15) is 13.2 Å². The highest BCUT2D eigenvalue weighted by molar-refractivity contribution is 7.89. The van der Waals surface area contributed by atoms with Gasteiger partial charge in [0.2, 0.25) is 10.0 Å². The van der Waals surface area contributed by atoms with Crippen molar-refractivity contribution in [1.82, 2.24) is 20.1 Å². The van der Waals surface area contributed by atoms with Gasteiger partial charge in [0.05, 0.1) is 22.3 Å². The van der Waals surface area contributed by atoms with E-state index in [1.807, 2.05) is 32.0 Å². The molecule has 2 aromatic heterocycles. The lowest BCUT2D eigenvalue weighted by atomic mass is 10.1. The number of nitrogens with two attached hydrogens (primary N) is 1. The molecule has 3 rings (SSSR count). The van der Waals surface area contributed by atoms with Crippen LogP contribution in [0.3, 0.4) is 0 Å². The number of rotatable bonds is 7. The highest BCUT2D eigenvalue weighted by atomic mass is 32.2. The van der Waals surface area contributed by atoms with Gasteiger partial charge in [0.1, 0.15) is 0 Å². The van der Waals surface area contributed by atoms with E-state index in [1.165, 1.54) is 12.1 Å². The second-order valence-corrected chi connectivity index (χ2v) is 8.45. The van der Waals surface area contributed by atoms with Crippen LogP contribution in [0.15, 0.2) is 59.8 Å². The molecule has 0 saturated carbocycles. The van der Waals surface area contributed by atoms with Gasteiger partial charge in [-0.3, -0.25) is 4.79 Å². The number of benzene rings is 1. The van der Waals surface area contributed by atoms with Crippen molar-refractivity contribution in [1.29, 1.82) is 0 Å². The number of amides is 1. The maximum atomic E-state index is 12.7. The summed E-state index contributed by atoms with van der Waals surface area (Å²) in [6, 6.07) is 11.8. The molecular weight excluding hydrogens is 390 g/mol. The van der Waals surface area contributed by atoms with Gasteiger partial charge in [-0.15, -0.1) is 0 Å². The highest BCUT2D eigenvalue weighted by Crippen LogP contribution is 2.22. The average molecular weight is 414 g/mol. The molecule has 3 aromatic rings. The van der Waals surface area contributed by atoms with E-state index >= 15 is 0 Å². The monoisotopic (exact) mass is 413 g/mol. The van der Waals surface area contributed by atoms with Crippen molar-refractivity contribution in [2.45, 2.75) is 31.1 Å². The number of carbonyl (C=O) groups is 1. The Hall–Kier alpha value is -3.04. The molecule has 0 aliphatic rings. The van der Waals surface area contributed by atoms with Gasteiger partial charge in [-0.25, -0.2) is 23.2 Å². The molecule has 9 heteroatoms. The summed E-state index contributed by atoms with van der Waals surface area (Å²) in [5.74, 6) is 0.522. The van der Waals surface area contributed by atoms with E-state index in [4.69, 9.17) is 5.14 Å². The zero-order valence-electron chi connectivity index (χ0n) is 16.2. The average Bonchev–Trinajstić information content (AvgIpc) is 3.14. The lowest BCUT2D eigenvalue weighted by Crippen LogP contribution is -2.26. The van der Waals surface area contributed by atoms with E-state index in [-0.39, 0.29) is 16.7 Å². The minimum Gasteiger partial charge on any atom is -0.352 e. The standard InChI is InChI=1S/C20H23N5O3S/c1-14(2)19-17(13-24-25(19)18-5-3-4-11-22-18)20(26)23-12-10-15-6-8-16(9-7-15)29(21,27)28/h3-9,11,13-14H,10,12H2,1-2H3,(H,23,26)(H2,21,27,28). The number of nitrogens with zero attached hydrogens (tertiary/aromatic N) is 3. The van der Waals surface area contributed by atoms with Crippen molar-refractivity contribution in [3.63, 3.8) is 0 Å². The van der Waals surface area contributed by atoms with Gasteiger partial charge in [0.25, 0.3) is 5.91 Å². The predicted molar refractivity (Wildman–Crippen MR) is 109 cm³/mol. The van der Waals surface area contributed by atoms with E-state index in [0.717, 1.165) is 11.3 Å². The molecule has 0 bridgehead atoms. The normalized spacial score (nSPS) is 11.6. The summed E-state index contributed by atoms with van der Waals surface area (Å²) in [5, 5.41) is 12.3. The molecule has 2 heterocycles. The summed E-state index contributed by atoms with van der Waals surface area (Å²) in [6.45, 7) is 4.40. The Kier molecular flexibility index (Phi) is 6.09. The first-order valence-electron chi connectivity index (χ1n) is 9.16. The maximum absolute atomic E-state index is 12.7. The molecule has 0 unspecified atom stereocenters. The van der Waals surface area contributed by atoms with Gasteiger partial charge < -0.3 is 5.32 Å². The van der Waals surface area contributed by atoms with Crippen LogP contribution in [0, 0.1) is 0 Å². The third-order valence-corrected chi connectivity index (χ3v) is 5.34. The number of carbonyl (C=O) groups excluding carboxylic acids is 1. The fourth-order valence-electron chi connectivity index (χ4n) is 3.01. The van der Waals surface area contributed by atoms with E-state index in [1.54, 1.807) is 29.2 Å². The van der Waals surface area contributed by atoms with Gasteiger partial charge in [-0.05, 0) is 42.2 Å². The number of nitrogens with one attached hydrogen (secondary N) is 1. The molecule has 0 spiro atoms. The topological polar surface area (TPSA) is 120 Å². The molecule has 1 amide bonds. The van der Waals surface area contributed by atoms with E-state index < -0.39 is 10.0 Å². The van der Waals surface area contributed by atoms with Crippen LogP contribution in [0.25, 0.3) is 5.82 Å². The zero-order chi connectivity index (χ0) is 21.0. The summed E-state index contributed by atoms with van der Waals surface area (Å²) >= 11 is 0. The zero-order valence-corrected chi connectivity index (χ0v) is 17.1. The van der Waals surface area contributed by atoms with Crippen LogP contribution in [0.4, 0.5) is 0 Å². The van der Waals surface area contributed by atoms with Crippen LogP contribution in [0.2, 0.25) is 0 Å². The summed E-state index contributed by atoms with van der Waals surface area (Å²) in [5.41, 5.74) is 2.19. The molecule has 3 N–H and O–H groups in total. The summed E-state index contributed by atoms with van der Waals surface area (Å²) in [4.78, 5) is 17.1. The van der Waals surface area contributed by atoms with Crippen molar-refractivity contribution < 1.29 is 13.2 Å². The Morgan fingerprint density at radius 1 is 1.17 bits per heavy atom. The molecule has 29 heavy (non-hydrogen) atoms. The second-order valence-electron chi connectivity index (χ2n) is 6.89. The molecule has 0 aliphatic heterocycles. The molecule has 0 saturated heterocycles. The lowest BCUT2D eigenvalue weighted by molar-refractivity contribution is 0.0952. The Morgan fingerprint density at radius 3 is 2.48 bits per heavy atom. The summed E-state index contributed by atoms with van der Waals surface area (Å²) in [6.07, 6.45) is 3.80. The molecule has 0 fully saturated rings. The maximum Gasteiger partial charge on any atom is 0.254 e. The fraction of sp³-hybridized carbons (Fsp3) is 0.250. The van der Waals surface area contributed by atoms with Crippen LogP contribution >= 0.6 is 0 Å². The van der Waals surface area contributed by atoms with Gasteiger partial charge >= 0.3 is 0 Å². The van der Waals surface area contributed by atoms with Crippen molar-refractivity contribution >= 4 is 15.9 Å². The molecule has 0 aliphatic carbocycles. The molecule has 0 atom stereocenters. The van der Waals surface area contributed by atoms with Crippen LogP contribution in [-0.2, 0) is 16.4 Å². The lowest BCUT2D eigenvalue weighted by Gasteiger charge is -2.12. The SMILES string of the molecule is CC(C)c1c(C(=O)NCCc2ccc(S(N)(=O)=O)cc2)cnn1-c1ccccn1. The molecule has 0 radical (unpaired) electrons. The minimum absolute atomic E-state index is 0.0637. The first-order valence-corrected chi connectivity index (χ1v) is 10.7. The first-order chi connectivity index (χ1) is 13.8. The van der Waals surface area contributed by atoms with Gasteiger partial charge in [-0.2, -0.15) is 5.10 Å². The van der Waals surface area contributed by atoms with Gasteiger partial charge in [0, 0.05) is 12.7 Å². The quantitative estimate of drug-likeness (QED) is 0.614. The Morgan fingerprint density at radius 2 is 1.90 bits per heavy atom. The number of pyridine rings is 1. The minimum atomic E-state index is -3.71. The summed E-state index contributed by atoms with van der Waals surface area (Å²) in [7, 11) is -3.71. The van der Waals surface area contributed by atoms with Crippen molar-refractivity contribution in [3.05, 3.63) is 71.7 Å². The highest BCUT2D eigenvalue weighted by Gasteiger charge is 2.21. The Bertz CT molecular complexity index is 1090. The van der Waals surface area contributed by atoms with Crippen molar-refractivity contribution in [2.24, 2.45) is 5.14 Å². The number of aromatic nitrogens is 3. The number of hydrogen-bond donors (Lipinski definition) is 2. The van der Waals surface area contributed by atoms with Gasteiger partial charge in [-0.1, -0.05) is 32.0 Å². The third kappa shape index (κ3) is 4.87. The molecule has 1 aromatic carbocycles. The largest absolute Gasteiger partial charge is 0.352 e. The number of primary sulfonamides is 1. The van der Waals surface area contributed by atoms with Crippen LogP contribution < -0.4 is 10.5 Å². The molecule has 152 valence electrons. The number of hydrogen-bond acceptors (Lipinski definition) is 5. The fourth-order valence-corrected chi connectivity index (χ4v) is 3.53. The van der Waals surface area contributed by atoms with Crippen LogP contribution in [0.5, 0.6) is 0 Å². The molecule has 8 nitrogen and oxygen atoms in total. The number of sulfonamides is 1. The summed E-state index contributed by atoms with van der Waals surface area (Å²) < 4.78 is 24.3. The Balaban J connectivity index is 1.69.